The SMILES string of the molecule is CN(C)c1ccc(CCC2=CC=IC=C2)cc1. The first kappa shape index (κ1) is 12.6. The molecule has 1 aliphatic heterocycles. The van der Waals surface area contributed by atoms with E-state index in [-0.39, 0.29) is 20.7 Å². The number of rotatable bonds is 4. The van der Waals surface area contributed by atoms with Crippen molar-refractivity contribution in [3.05, 3.63) is 51.6 Å². The van der Waals surface area contributed by atoms with Gasteiger partial charge >= 0.3 is 0 Å². The minimum atomic E-state index is 0.222. The Morgan fingerprint density at radius 2 is 1.82 bits per heavy atom. The van der Waals surface area contributed by atoms with E-state index in [1.165, 1.54) is 16.8 Å². The highest BCUT2D eigenvalue weighted by molar-refractivity contribution is 14.2. The van der Waals surface area contributed by atoms with Crippen LogP contribution in [0.3, 0.4) is 0 Å². The summed E-state index contributed by atoms with van der Waals surface area (Å²) in [4.78, 5) is 2.13. The van der Waals surface area contributed by atoms with E-state index in [0.29, 0.717) is 0 Å². The Hall–Kier alpha value is -0.900. The topological polar surface area (TPSA) is 3.24 Å². The molecule has 2 heteroatoms. The molecule has 90 valence electrons. The van der Waals surface area contributed by atoms with E-state index >= 15 is 0 Å². The molecule has 0 spiro atoms. The highest BCUT2D eigenvalue weighted by Crippen LogP contribution is 2.17. The molecule has 1 heterocycles. The van der Waals surface area contributed by atoms with E-state index in [9.17, 15) is 0 Å². The molecule has 0 amide bonds. The summed E-state index contributed by atoms with van der Waals surface area (Å²) in [5, 5.41) is 0. The van der Waals surface area contributed by atoms with Gasteiger partial charge in [-0.2, -0.15) is 0 Å². The molecule has 0 aromatic heterocycles. The zero-order valence-corrected chi connectivity index (χ0v) is 12.5. The van der Waals surface area contributed by atoms with Gasteiger partial charge in [-0.25, -0.2) is 0 Å². The average Bonchev–Trinajstić information content (AvgIpc) is 2.38. The fourth-order valence-corrected chi connectivity index (χ4v) is 3.33. The maximum atomic E-state index is 2.34. The Morgan fingerprint density at radius 3 is 2.41 bits per heavy atom. The van der Waals surface area contributed by atoms with Crippen molar-refractivity contribution >= 4 is 30.4 Å². The minimum Gasteiger partial charge on any atom is -0.378 e. The molecule has 0 aliphatic carbocycles. The molecule has 0 bridgehead atoms. The van der Waals surface area contributed by atoms with Crippen LogP contribution in [0.1, 0.15) is 12.0 Å². The van der Waals surface area contributed by atoms with Gasteiger partial charge < -0.3 is 4.90 Å². The number of nitrogens with zero attached hydrogens (tertiary/aromatic N) is 1. The van der Waals surface area contributed by atoms with Crippen molar-refractivity contribution in [1.29, 1.82) is 0 Å². The summed E-state index contributed by atoms with van der Waals surface area (Å²) in [6, 6.07) is 8.86. The van der Waals surface area contributed by atoms with Gasteiger partial charge in [0.05, 0.1) is 0 Å². The lowest BCUT2D eigenvalue weighted by Gasteiger charge is -2.12. The van der Waals surface area contributed by atoms with Crippen molar-refractivity contribution in [1.82, 2.24) is 0 Å². The van der Waals surface area contributed by atoms with Crippen molar-refractivity contribution in [3.8, 4) is 0 Å². The van der Waals surface area contributed by atoms with Gasteiger partial charge in [-0.1, -0.05) is 45.0 Å². The van der Waals surface area contributed by atoms with E-state index in [1.807, 2.05) is 0 Å². The zero-order valence-electron chi connectivity index (χ0n) is 10.4. The molecule has 0 radical (unpaired) electrons. The van der Waals surface area contributed by atoms with Crippen molar-refractivity contribution < 1.29 is 0 Å². The number of anilines is 1. The molecular weight excluding hydrogens is 321 g/mol. The lowest BCUT2D eigenvalue weighted by molar-refractivity contribution is 0.966. The summed E-state index contributed by atoms with van der Waals surface area (Å²) in [7, 11) is 4.15. The predicted molar refractivity (Wildman–Crippen MR) is 86.4 cm³/mol. The molecule has 0 saturated heterocycles. The molecular formula is C15H18IN. The van der Waals surface area contributed by atoms with Gasteiger partial charge in [0.2, 0.25) is 0 Å². The third kappa shape index (κ3) is 3.80. The van der Waals surface area contributed by atoms with E-state index in [0.717, 1.165) is 12.8 Å². The summed E-state index contributed by atoms with van der Waals surface area (Å²) >= 11 is 0.222. The summed E-state index contributed by atoms with van der Waals surface area (Å²) in [6.07, 6.45) is 6.87. The molecule has 1 aromatic rings. The van der Waals surface area contributed by atoms with Crippen LogP contribution in [0.4, 0.5) is 5.69 Å². The first-order chi connectivity index (χ1) is 8.25. The quantitative estimate of drug-likeness (QED) is 0.752. The highest BCUT2D eigenvalue weighted by atomic mass is 127. The number of allylic oxidation sites excluding steroid dienone is 3. The molecule has 0 saturated carbocycles. The Morgan fingerprint density at radius 1 is 1.06 bits per heavy atom. The molecule has 0 fully saturated rings. The van der Waals surface area contributed by atoms with Crippen molar-refractivity contribution in [2.45, 2.75) is 12.8 Å². The van der Waals surface area contributed by atoms with Crippen LogP contribution in [0.2, 0.25) is 0 Å². The van der Waals surface area contributed by atoms with Crippen LogP contribution < -0.4 is 4.90 Å². The average molecular weight is 339 g/mol. The second-order valence-corrected chi connectivity index (χ2v) is 6.50. The van der Waals surface area contributed by atoms with Crippen LogP contribution >= 0.6 is 20.7 Å². The molecule has 1 nitrogen and oxygen atoms in total. The molecule has 17 heavy (non-hydrogen) atoms. The highest BCUT2D eigenvalue weighted by Gasteiger charge is 1.99. The van der Waals surface area contributed by atoms with Crippen LogP contribution in [0.25, 0.3) is 0 Å². The van der Waals surface area contributed by atoms with Gasteiger partial charge in [-0.05, 0) is 44.2 Å². The Bertz CT molecular complexity index is 452. The molecule has 0 N–H and O–H groups in total. The number of halogens is 1. The Balaban J connectivity index is 1.93. The van der Waals surface area contributed by atoms with Gasteiger partial charge in [-0.15, -0.1) is 0 Å². The number of hydrogen-bond donors (Lipinski definition) is 0. The lowest BCUT2D eigenvalue weighted by atomic mass is 10.0. The van der Waals surface area contributed by atoms with Gasteiger partial charge in [0.1, 0.15) is 0 Å². The molecule has 2 rings (SSSR count). The van der Waals surface area contributed by atoms with Crippen LogP contribution in [-0.4, -0.2) is 18.1 Å². The summed E-state index contributed by atoms with van der Waals surface area (Å²) in [6.45, 7) is 0. The fraction of sp³-hybridized carbons (Fsp3) is 0.267. The number of benzene rings is 1. The Labute approximate surface area is 114 Å². The molecule has 0 unspecified atom stereocenters. The number of hydrogen-bond acceptors (Lipinski definition) is 1. The van der Waals surface area contributed by atoms with Crippen LogP contribution in [0.5, 0.6) is 0 Å². The van der Waals surface area contributed by atoms with E-state index in [1.54, 1.807) is 0 Å². The monoisotopic (exact) mass is 339 g/mol. The van der Waals surface area contributed by atoms with Crippen molar-refractivity contribution in [3.63, 3.8) is 0 Å². The first-order valence-electron chi connectivity index (χ1n) is 5.83. The van der Waals surface area contributed by atoms with E-state index in [4.69, 9.17) is 0 Å². The summed E-state index contributed by atoms with van der Waals surface area (Å²) < 4.78 is 4.67. The second-order valence-electron chi connectivity index (χ2n) is 4.35. The predicted octanol–water partition coefficient (Wildman–Crippen LogP) is 3.91. The molecule has 1 aliphatic rings. The summed E-state index contributed by atoms with van der Waals surface area (Å²) in [5.74, 6) is 0. The zero-order chi connectivity index (χ0) is 12.1. The Kier molecular flexibility index (Phi) is 4.54. The lowest BCUT2D eigenvalue weighted by Crippen LogP contribution is -2.08. The van der Waals surface area contributed by atoms with Gasteiger partial charge in [0.15, 0.2) is 0 Å². The third-order valence-electron chi connectivity index (χ3n) is 2.85. The normalized spacial score (nSPS) is 14.1. The molecule has 0 atom stereocenters. The first-order valence-corrected chi connectivity index (χ1v) is 8.32. The maximum Gasteiger partial charge on any atom is 0.0361 e. The van der Waals surface area contributed by atoms with Gasteiger partial charge in [-0.3, -0.25) is 0 Å². The van der Waals surface area contributed by atoms with Crippen LogP contribution in [-0.2, 0) is 6.42 Å². The van der Waals surface area contributed by atoms with Gasteiger partial charge in [0.25, 0.3) is 0 Å². The number of aryl methyl sites for hydroxylation is 1. The van der Waals surface area contributed by atoms with Crippen molar-refractivity contribution in [2.24, 2.45) is 0 Å². The van der Waals surface area contributed by atoms with E-state index in [2.05, 4.69) is 63.5 Å². The smallest absolute Gasteiger partial charge is 0.0361 e. The second kappa shape index (κ2) is 6.15. The minimum absolute atomic E-state index is 0.222. The summed E-state index contributed by atoms with van der Waals surface area (Å²) in [5.41, 5.74) is 4.15. The molecule has 1 aromatic carbocycles. The van der Waals surface area contributed by atoms with Crippen LogP contribution in [0, 0.1) is 0 Å². The van der Waals surface area contributed by atoms with Gasteiger partial charge in [0, 0.05) is 19.8 Å². The van der Waals surface area contributed by atoms with E-state index < -0.39 is 0 Å². The van der Waals surface area contributed by atoms with Crippen molar-refractivity contribution in [2.75, 3.05) is 19.0 Å². The standard InChI is InChI=1S/C15H18IN/c1-17(2)15-7-5-13(6-8-15)3-4-14-9-11-16-12-10-14/h5-12H,3-4H2,1-2H3. The fourth-order valence-electron chi connectivity index (χ4n) is 1.75. The maximum absolute atomic E-state index is 2.34. The third-order valence-corrected chi connectivity index (χ3v) is 4.40. The van der Waals surface area contributed by atoms with Crippen LogP contribution in [0.15, 0.2) is 46.1 Å². The largest absolute Gasteiger partial charge is 0.378 e.